The lowest BCUT2D eigenvalue weighted by molar-refractivity contribution is -0.249. The van der Waals surface area contributed by atoms with Crippen LogP contribution in [0, 0.1) is 34.0 Å². The Balaban J connectivity index is 1.76. The van der Waals surface area contributed by atoms with Crippen molar-refractivity contribution < 1.29 is 17.9 Å². The van der Waals surface area contributed by atoms with Crippen molar-refractivity contribution in [2.75, 3.05) is 19.0 Å². The summed E-state index contributed by atoms with van der Waals surface area (Å²) in [5.41, 5.74) is -3.04. The van der Waals surface area contributed by atoms with E-state index in [1.54, 1.807) is 30.3 Å². The van der Waals surface area contributed by atoms with Crippen LogP contribution in [-0.2, 0) is 10.3 Å². The molecule has 1 aliphatic heterocycles. The average molecular weight is 555 g/mol. The Hall–Kier alpha value is -5.04. The number of allylic oxidation sites excluding steroid dienone is 2. The zero-order chi connectivity index (χ0) is 28.9. The molecule has 1 aliphatic rings. The number of alkyl halides is 3. The van der Waals surface area contributed by atoms with Gasteiger partial charge in [-0.3, -0.25) is 0 Å². The first kappa shape index (κ1) is 28.0. The van der Waals surface area contributed by atoms with E-state index in [4.69, 9.17) is 4.74 Å². The second-order valence-corrected chi connectivity index (χ2v) is 10.0. The summed E-state index contributed by atoms with van der Waals surface area (Å²) in [5, 5.41) is 28.6. The molecule has 5 nitrogen and oxygen atoms in total. The van der Waals surface area contributed by atoms with Gasteiger partial charge in [-0.1, -0.05) is 54.6 Å². The van der Waals surface area contributed by atoms with Crippen LogP contribution in [0.2, 0.25) is 0 Å². The lowest BCUT2D eigenvalue weighted by Gasteiger charge is -2.33. The molecule has 1 aromatic heterocycles. The molecule has 198 valence electrons. The van der Waals surface area contributed by atoms with Crippen molar-refractivity contribution in [2.45, 2.75) is 11.8 Å². The summed E-state index contributed by atoms with van der Waals surface area (Å²) in [5.74, 6) is -0.691. The molecule has 0 radical (unpaired) electrons. The predicted molar refractivity (Wildman–Crippen MR) is 149 cm³/mol. The fourth-order valence-corrected chi connectivity index (χ4v) is 5.02. The van der Waals surface area contributed by atoms with Crippen LogP contribution in [0.15, 0.2) is 95.3 Å². The number of hydrogen-bond acceptors (Lipinski definition) is 6. The van der Waals surface area contributed by atoms with Gasteiger partial charge in [0.05, 0.1) is 0 Å². The molecule has 0 fully saturated rings. The first-order valence-corrected chi connectivity index (χ1v) is 12.7. The Bertz CT molecular complexity index is 1640. The van der Waals surface area contributed by atoms with Gasteiger partial charge in [-0.15, -0.1) is 11.3 Å². The highest BCUT2D eigenvalue weighted by Gasteiger charge is 2.65. The first-order chi connectivity index (χ1) is 19.1. The van der Waals surface area contributed by atoms with Crippen molar-refractivity contribution in [1.29, 1.82) is 15.8 Å². The second-order valence-electron chi connectivity index (χ2n) is 8.87. The van der Waals surface area contributed by atoms with Gasteiger partial charge in [-0.25, -0.2) is 0 Å². The zero-order valence-corrected chi connectivity index (χ0v) is 22.2. The Kier molecular flexibility index (Phi) is 7.95. The fourth-order valence-electron chi connectivity index (χ4n) is 4.21. The molecule has 3 aromatic rings. The lowest BCUT2D eigenvalue weighted by Crippen LogP contribution is -2.43. The van der Waals surface area contributed by atoms with Crippen LogP contribution < -0.4 is 4.90 Å². The van der Waals surface area contributed by atoms with Gasteiger partial charge in [0.1, 0.15) is 23.8 Å². The Morgan fingerprint density at radius 1 is 0.850 bits per heavy atom. The van der Waals surface area contributed by atoms with Crippen molar-refractivity contribution in [3.63, 3.8) is 0 Å². The highest BCUT2D eigenvalue weighted by Crippen LogP contribution is 2.55. The number of anilines is 1. The number of rotatable bonds is 6. The van der Waals surface area contributed by atoms with Crippen molar-refractivity contribution in [2.24, 2.45) is 0 Å². The third kappa shape index (κ3) is 5.27. The second kappa shape index (κ2) is 11.4. The van der Waals surface area contributed by atoms with E-state index in [2.05, 4.69) is 0 Å². The van der Waals surface area contributed by atoms with Gasteiger partial charge in [0.25, 0.3) is 5.60 Å². The summed E-state index contributed by atoms with van der Waals surface area (Å²) in [6.07, 6.45) is 1.46. The molecule has 2 heterocycles. The molecule has 1 atom stereocenters. The van der Waals surface area contributed by atoms with E-state index in [-0.39, 0.29) is 5.56 Å². The summed E-state index contributed by atoms with van der Waals surface area (Å²) in [6.45, 7) is 0. The van der Waals surface area contributed by atoms with Crippen LogP contribution in [-0.4, -0.2) is 20.3 Å². The minimum absolute atomic E-state index is 0.282. The molecule has 0 saturated heterocycles. The van der Waals surface area contributed by atoms with E-state index >= 15 is 0 Å². The van der Waals surface area contributed by atoms with E-state index in [1.165, 1.54) is 47.8 Å². The molecule has 0 N–H and O–H groups in total. The zero-order valence-electron chi connectivity index (χ0n) is 21.4. The smallest absolute Gasteiger partial charge is 0.437 e. The highest BCUT2D eigenvalue weighted by molar-refractivity contribution is 7.13. The van der Waals surface area contributed by atoms with Crippen molar-refractivity contribution in [1.82, 2.24) is 0 Å². The molecule has 0 amide bonds. The maximum atomic E-state index is 14.9. The molecule has 1 unspecified atom stereocenters. The molecular weight excluding hydrogens is 533 g/mol. The van der Waals surface area contributed by atoms with Crippen LogP contribution in [0.3, 0.4) is 0 Å². The molecule has 9 heteroatoms. The van der Waals surface area contributed by atoms with E-state index in [1.807, 2.05) is 61.5 Å². The number of thiophene rings is 1. The largest absolute Gasteiger partial charge is 0.465 e. The van der Waals surface area contributed by atoms with Crippen LogP contribution in [0.4, 0.5) is 18.9 Å². The van der Waals surface area contributed by atoms with Gasteiger partial charge in [-0.2, -0.15) is 29.0 Å². The standard InChI is InChI=1S/C31H21F3N4OS/c1-38(2)24-11-8-21(9-12-24)10-13-25-14-15-26(40-25)16-17-28-27(20-37)29(22(18-35)19-36)39-30(28,31(32,33)34)23-6-4-3-5-7-23/h3-17H,1-2H3/b13-10+,17-16+. The molecule has 4 rings (SSSR count). The Morgan fingerprint density at radius 2 is 1.45 bits per heavy atom. The quantitative estimate of drug-likeness (QED) is 0.293. The monoisotopic (exact) mass is 554 g/mol. The van der Waals surface area contributed by atoms with E-state index in [0.29, 0.717) is 4.88 Å². The van der Waals surface area contributed by atoms with Crippen molar-refractivity contribution >= 4 is 35.3 Å². The van der Waals surface area contributed by atoms with Crippen LogP contribution in [0.5, 0.6) is 0 Å². The molecule has 0 saturated carbocycles. The topological polar surface area (TPSA) is 83.8 Å². The number of nitrogens with zero attached hydrogens (tertiary/aromatic N) is 4. The third-order valence-corrected chi connectivity index (χ3v) is 7.20. The number of ether oxygens (including phenoxy) is 1. The van der Waals surface area contributed by atoms with Gasteiger partial charge in [0.2, 0.25) is 0 Å². The fraction of sp³-hybridized carbons (Fsp3) is 0.129. The minimum Gasteiger partial charge on any atom is -0.465 e. The summed E-state index contributed by atoms with van der Waals surface area (Å²) in [4.78, 5) is 3.50. The first-order valence-electron chi connectivity index (χ1n) is 11.9. The summed E-state index contributed by atoms with van der Waals surface area (Å²) < 4.78 is 50.0. The Labute approximate surface area is 233 Å². The predicted octanol–water partition coefficient (Wildman–Crippen LogP) is 7.61. The van der Waals surface area contributed by atoms with E-state index in [0.717, 1.165) is 16.1 Å². The van der Waals surface area contributed by atoms with Gasteiger partial charge < -0.3 is 9.64 Å². The van der Waals surface area contributed by atoms with E-state index in [9.17, 15) is 29.0 Å². The van der Waals surface area contributed by atoms with Gasteiger partial charge in [0, 0.05) is 40.7 Å². The molecule has 0 aliphatic carbocycles. The number of nitriles is 3. The summed E-state index contributed by atoms with van der Waals surface area (Å²) in [7, 11) is 3.92. The summed E-state index contributed by atoms with van der Waals surface area (Å²) >= 11 is 1.35. The molecule has 40 heavy (non-hydrogen) atoms. The van der Waals surface area contributed by atoms with Crippen molar-refractivity contribution in [3.8, 4) is 18.2 Å². The number of hydrogen-bond donors (Lipinski definition) is 0. The molecule has 2 aromatic carbocycles. The molecule has 0 bridgehead atoms. The molecular formula is C31H21F3N4OS. The normalized spacial score (nSPS) is 17.0. The van der Waals surface area contributed by atoms with E-state index < -0.39 is 34.3 Å². The molecule has 0 spiro atoms. The van der Waals surface area contributed by atoms with Gasteiger partial charge in [0.15, 0.2) is 11.3 Å². The number of benzene rings is 2. The summed E-state index contributed by atoms with van der Waals surface area (Å²) in [6, 6.07) is 23.2. The third-order valence-electron chi connectivity index (χ3n) is 6.18. The van der Waals surface area contributed by atoms with Crippen LogP contribution in [0.25, 0.3) is 18.2 Å². The van der Waals surface area contributed by atoms with Crippen molar-refractivity contribution in [3.05, 3.63) is 116 Å². The van der Waals surface area contributed by atoms with Crippen LogP contribution in [0.1, 0.15) is 20.9 Å². The lowest BCUT2D eigenvalue weighted by atomic mass is 9.84. The van der Waals surface area contributed by atoms with Gasteiger partial charge >= 0.3 is 6.18 Å². The van der Waals surface area contributed by atoms with Gasteiger partial charge in [-0.05, 0) is 42.0 Å². The maximum absolute atomic E-state index is 14.9. The SMILES string of the molecule is CN(C)c1ccc(/C=C/c2ccc(/C=C/C3=C(C#N)C(=C(C#N)C#N)OC3(c3ccccc3)C(F)(F)F)s2)cc1. The van der Waals surface area contributed by atoms with Crippen LogP contribution >= 0.6 is 11.3 Å². The minimum atomic E-state index is -5.03. The Morgan fingerprint density at radius 3 is 1.98 bits per heavy atom. The maximum Gasteiger partial charge on any atom is 0.437 e. The number of halogens is 3. The average Bonchev–Trinajstić information content (AvgIpc) is 3.54. The highest BCUT2D eigenvalue weighted by atomic mass is 32.1.